The van der Waals surface area contributed by atoms with E-state index >= 15 is 0 Å². The monoisotopic (exact) mass is 318 g/mol. The normalized spacial score (nSPS) is 19.5. The quantitative estimate of drug-likeness (QED) is 0.827. The second-order valence-corrected chi connectivity index (χ2v) is 6.47. The molecule has 0 spiro atoms. The van der Waals surface area contributed by atoms with E-state index in [2.05, 4.69) is 21.3 Å². The molecule has 1 aromatic heterocycles. The van der Waals surface area contributed by atoms with Crippen LogP contribution in [-0.2, 0) is 6.54 Å². The van der Waals surface area contributed by atoms with Crippen LogP contribution < -0.4 is 5.32 Å². The number of hydrogen-bond acceptors (Lipinski definition) is 4. The van der Waals surface area contributed by atoms with Gasteiger partial charge >= 0.3 is 6.03 Å². The van der Waals surface area contributed by atoms with Crippen LogP contribution in [0.2, 0.25) is 0 Å². The Morgan fingerprint density at radius 1 is 1.30 bits per heavy atom. The summed E-state index contributed by atoms with van der Waals surface area (Å²) in [5.41, 5.74) is 1.10. The Morgan fingerprint density at radius 2 is 2.09 bits per heavy atom. The Morgan fingerprint density at radius 3 is 2.70 bits per heavy atom. The molecular weight excluding hydrogens is 292 g/mol. The van der Waals surface area contributed by atoms with Gasteiger partial charge in [0.05, 0.1) is 12.3 Å². The molecule has 0 radical (unpaired) electrons. The van der Waals surface area contributed by atoms with Crippen LogP contribution in [0.3, 0.4) is 0 Å². The van der Waals surface area contributed by atoms with Gasteiger partial charge in [-0.1, -0.05) is 6.07 Å². The number of carbonyl (C=O) groups excluding carboxylic acids is 1. The smallest absolute Gasteiger partial charge is 0.317 e. The van der Waals surface area contributed by atoms with Crippen LogP contribution in [0.4, 0.5) is 4.79 Å². The average Bonchev–Trinajstić information content (AvgIpc) is 3.40. The summed E-state index contributed by atoms with van der Waals surface area (Å²) in [6, 6.07) is 6.57. The van der Waals surface area contributed by atoms with Crippen molar-refractivity contribution in [2.75, 3.05) is 26.2 Å². The molecule has 1 saturated heterocycles. The number of aliphatic hydroxyl groups is 1. The van der Waals surface area contributed by atoms with Crippen molar-refractivity contribution in [3.05, 3.63) is 30.1 Å². The summed E-state index contributed by atoms with van der Waals surface area (Å²) in [5, 5.41) is 12.3. The lowest BCUT2D eigenvalue weighted by atomic mass is 10.0. The third-order valence-electron chi connectivity index (χ3n) is 4.62. The molecule has 6 nitrogen and oxygen atoms in total. The molecule has 2 amide bonds. The Bertz CT molecular complexity index is 499. The summed E-state index contributed by atoms with van der Waals surface area (Å²) in [4.78, 5) is 20.9. The van der Waals surface area contributed by atoms with Crippen LogP contribution in [0, 0.1) is 0 Å². The van der Waals surface area contributed by atoms with Crippen LogP contribution in [0.25, 0.3) is 0 Å². The third kappa shape index (κ3) is 4.65. The number of likely N-dealkylation sites (tertiary alicyclic amines) is 1. The maximum Gasteiger partial charge on any atom is 0.317 e. The highest BCUT2D eigenvalue weighted by Crippen LogP contribution is 2.26. The topological polar surface area (TPSA) is 68.7 Å². The fourth-order valence-corrected chi connectivity index (χ4v) is 3.16. The first-order valence-corrected chi connectivity index (χ1v) is 8.56. The summed E-state index contributed by atoms with van der Waals surface area (Å²) in [7, 11) is 0. The van der Waals surface area contributed by atoms with Crippen LogP contribution in [-0.4, -0.2) is 64.2 Å². The lowest BCUT2D eigenvalue weighted by molar-refractivity contribution is 0.155. The van der Waals surface area contributed by atoms with Crippen molar-refractivity contribution in [3.8, 4) is 0 Å². The van der Waals surface area contributed by atoms with Gasteiger partial charge in [-0.15, -0.1) is 0 Å². The van der Waals surface area contributed by atoms with Gasteiger partial charge in [-0.05, 0) is 37.8 Å². The van der Waals surface area contributed by atoms with Crippen molar-refractivity contribution in [2.45, 2.75) is 44.3 Å². The number of piperidine rings is 1. The molecule has 0 aromatic carbocycles. The zero-order valence-corrected chi connectivity index (χ0v) is 13.5. The number of nitrogens with zero attached hydrogens (tertiary/aromatic N) is 3. The van der Waals surface area contributed by atoms with Crippen molar-refractivity contribution in [1.82, 2.24) is 20.1 Å². The molecule has 2 heterocycles. The summed E-state index contributed by atoms with van der Waals surface area (Å²) >= 11 is 0. The van der Waals surface area contributed by atoms with Gasteiger partial charge in [0.2, 0.25) is 0 Å². The number of pyridine rings is 1. The SMILES string of the molecule is O=C(NC1CCN(Cc2ccccn2)CC1)N(CCO)C1CC1. The zero-order chi connectivity index (χ0) is 16.1. The van der Waals surface area contributed by atoms with Crippen LogP contribution in [0.15, 0.2) is 24.4 Å². The molecule has 6 heteroatoms. The van der Waals surface area contributed by atoms with Gasteiger partial charge in [0.1, 0.15) is 0 Å². The number of rotatable bonds is 6. The number of hydrogen-bond donors (Lipinski definition) is 2. The average molecular weight is 318 g/mol. The van der Waals surface area contributed by atoms with Crippen molar-refractivity contribution >= 4 is 6.03 Å². The largest absolute Gasteiger partial charge is 0.395 e. The standard InChI is InChI=1S/C17H26N4O2/c22-12-11-21(16-4-5-16)17(23)19-14-6-9-20(10-7-14)13-15-3-1-2-8-18-15/h1-3,8,14,16,22H,4-7,9-13H2,(H,19,23). The second kappa shape index (κ2) is 7.75. The molecule has 0 bridgehead atoms. The molecule has 3 rings (SSSR count). The van der Waals surface area contributed by atoms with Gasteiger partial charge in [-0.2, -0.15) is 0 Å². The van der Waals surface area contributed by atoms with Gasteiger partial charge in [0.15, 0.2) is 0 Å². The van der Waals surface area contributed by atoms with Crippen molar-refractivity contribution < 1.29 is 9.90 Å². The minimum absolute atomic E-state index is 0.00951. The highest BCUT2D eigenvalue weighted by Gasteiger charge is 2.33. The minimum atomic E-state index is -0.00951. The molecule has 1 aliphatic heterocycles. The number of carbonyl (C=O) groups is 1. The van der Waals surface area contributed by atoms with Crippen molar-refractivity contribution in [1.29, 1.82) is 0 Å². The van der Waals surface area contributed by atoms with E-state index in [9.17, 15) is 4.79 Å². The van der Waals surface area contributed by atoms with E-state index in [4.69, 9.17) is 5.11 Å². The maximum absolute atomic E-state index is 12.3. The van der Waals surface area contributed by atoms with Crippen LogP contribution >= 0.6 is 0 Å². The van der Waals surface area contributed by atoms with E-state index in [0.29, 0.717) is 12.6 Å². The van der Waals surface area contributed by atoms with Gasteiger partial charge in [-0.25, -0.2) is 4.79 Å². The molecule has 1 aromatic rings. The highest BCUT2D eigenvalue weighted by atomic mass is 16.3. The Kier molecular flexibility index (Phi) is 5.46. The third-order valence-corrected chi connectivity index (χ3v) is 4.62. The van der Waals surface area contributed by atoms with Gasteiger partial charge in [-0.3, -0.25) is 9.88 Å². The Labute approximate surface area is 137 Å². The predicted octanol–water partition coefficient (Wildman–Crippen LogP) is 1.21. The Hall–Kier alpha value is -1.66. The molecule has 0 unspecified atom stereocenters. The number of aliphatic hydroxyl groups excluding tert-OH is 1. The van der Waals surface area contributed by atoms with Crippen molar-refractivity contribution in [3.63, 3.8) is 0 Å². The van der Waals surface area contributed by atoms with E-state index in [0.717, 1.165) is 51.0 Å². The maximum atomic E-state index is 12.3. The number of amides is 2. The number of nitrogens with one attached hydrogen (secondary N) is 1. The summed E-state index contributed by atoms with van der Waals surface area (Å²) in [6.07, 6.45) is 5.90. The summed E-state index contributed by atoms with van der Waals surface area (Å²) < 4.78 is 0. The fourth-order valence-electron chi connectivity index (χ4n) is 3.16. The van der Waals surface area contributed by atoms with E-state index in [-0.39, 0.29) is 18.7 Å². The van der Waals surface area contributed by atoms with Crippen molar-refractivity contribution in [2.24, 2.45) is 0 Å². The van der Waals surface area contributed by atoms with Gasteiger partial charge in [0.25, 0.3) is 0 Å². The molecule has 1 saturated carbocycles. The van der Waals surface area contributed by atoms with Gasteiger partial charge in [0, 0.05) is 44.5 Å². The lowest BCUT2D eigenvalue weighted by Gasteiger charge is -2.33. The second-order valence-electron chi connectivity index (χ2n) is 6.47. The van der Waals surface area contributed by atoms with Gasteiger partial charge < -0.3 is 15.3 Å². The molecular formula is C17H26N4O2. The first-order valence-electron chi connectivity index (χ1n) is 8.56. The van der Waals surface area contributed by atoms with E-state index in [1.165, 1.54) is 0 Å². The number of aromatic nitrogens is 1. The first-order chi connectivity index (χ1) is 11.3. The molecule has 126 valence electrons. The first kappa shape index (κ1) is 16.2. The molecule has 2 aliphatic rings. The van der Waals surface area contributed by atoms with E-state index in [1.807, 2.05) is 18.3 Å². The van der Waals surface area contributed by atoms with Crippen LogP contribution in [0.1, 0.15) is 31.4 Å². The zero-order valence-electron chi connectivity index (χ0n) is 13.5. The predicted molar refractivity (Wildman–Crippen MR) is 87.9 cm³/mol. The molecule has 2 N–H and O–H groups in total. The fraction of sp³-hybridized carbons (Fsp3) is 0.647. The summed E-state index contributed by atoms with van der Waals surface area (Å²) in [5.74, 6) is 0. The number of urea groups is 1. The molecule has 1 aliphatic carbocycles. The van der Waals surface area contributed by atoms with E-state index < -0.39 is 0 Å². The van der Waals surface area contributed by atoms with E-state index in [1.54, 1.807) is 4.90 Å². The lowest BCUT2D eigenvalue weighted by Crippen LogP contribution is -2.50. The molecule has 2 fully saturated rings. The van der Waals surface area contributed by atoms with Crippen LogP contribution in [0.5, 0.6) is 0 Å². The minimum Gasteiger partial charge on any atom is -0.395 e. The Balaban J connectivity index is 1.42. The highest BCUT2D eigenvalue weighted by molar-refractivity contribution is 5.75. The molecule has 0 atom stereocenters. The summed E-state index contributed by atoms with van der Waals surface area (Å²) in [6.45, 7) is 3.30. The molecule has 23 heavy (non-hydrogen) atoms.